The van der Waals surface area contributed by atoms with Gasteiger partial charge in [0.15, 0.2) is 5.58 Å². The van der Waals surface area contributed by atoms with Crippen molar-refractivity contribution in [1.82, 2.24) is 9.97 Å². The van der Waals surface area contributed by atoms with Gasteiger partial charge in [-0.1, -0.05) is 72.8 Å². The van der Waals surface area contributed by atoms with E-state index in [1.54, 1.807) is 6.33 Å². The van der Waals surface area contributed by atoms with Crippen LogP contribution < -0.4 is 0 Å². The summed E-state index contributed by atoms with van der Waals surface area (Å²) in [4.78, 5) is 8.96. The minimum Gasteiger partial charge on any atom is -0.451 e. The first-order chi connectivity index (χ1) is 12.4. The Bertz CT molecular complexity index is 1080. The Balaban J connectivity index is 1.85. The quantitative estimate of drug-likeness (QED) is 0.418. The summed E-state index contributed by atoms with van der Waals surface area (Å²) in [7, 11) is 0. The molecule has 3 nitrogen and oxygen atoms in total. The number of aromatic nitrogens is 2. The van der Waals surface area contributed by atoms with Crippen LogP contribution in [0.4, 0.5) is 0 Å². The van der Waals surface area contributed by atoms with Gasteiger partial charge < -0.3 is 4.42 Å². The van der Waals surface area contributed by atoms with E-state index in [1.165, 1.54) is 0 Å². The van der Waals surface area contributed by atoms with Crippen LogP contribution in [-0.2, 0) is 0 Å². The zero-order valence-corrected chi connectivity index (χ0v) is 13.4. The number of para-hydroxylation sites is 1. The Morgan fingerprint density at radius 1 is 0.600 bits per heavy atom. The third kappa shape index (κ3) is 2.21. The maximum Gasteiger partial charge on any atom is 0.180 e. The molecule has 5 rings (SSSR count). The molecule has 0 spiro atoms. The van der Waals surface area contributed by atoms with Gasteiger partial charge in [0.1, 0.15) is 23.1 Å². The van der Waals surface area contributed by atoms with Gasteiger partial charge in [-0.25, -0.2) is 9.97 Å². The second kappa shape index (κ2) is 5.56. The van der Waals surface area contributed by atoms with Crippen molar-refractivity contribution in [3.8, 4) is 22.4 Å². The minimum atomic E-state index is 0.729. The highest BCUT2D eigenvalue weighted by atomic mass is 16.3. The molecule has 118 valence electrons. The third-order valence-electron chi connectivity index (χ3n) is 4.41. The normalized spacial score (nSPS) is 11.2. The number of furan rings is 1. The number of hydrogen-bond donors (Lipinski definition) is 0. The van der Waals surface area contributed by atoms with Crippen LogP contribution in [0.3, 0.4) is 0 Å². The van der Waals surface area contributed by atoms with Crippen molar-refractivity contribution in [2.75, 3.05) is 0 Å². The van der Waals surface area contributed by atoms with E-state index < -0.39 is 0 Å². The highest BCUT2D eigenvalue weighted by Gasteiger charge is 2.16. The van der Waals surface area contributed by atoms with E-state index in [2.05, 4.69) is 34.2 Å². The van der Waals surface area contributed by atoms with Gasteiger partial charge in [-0.2, -0.15) is 0 Å². The zero-order valence-electron chi connectivity index (χ0n) is 13.4. The monoisotopic (exact) mass is 322 g/mol. The molecule has 0 amide bonds. The highest BCUT2D eigenvalue weighted by Crippen LogP contribution is 2.37. The van der Waals surface area contributed by atoms with E-state index >= 15 is 0 Å². The number of benzene rings is 3. The Morgan fingerprint density at radius 3 is 2.08 bits per heavy atom. The molecule has 5 aromatic rings. The Kier molecular flexibility index (Phi) is 3.10. The molecule has 2 heterocycles. The summed E-state index contributed by atoms with van der Waals surface area (Å²) in [6.07, 6.45) is 1.61. The van der Waals surface area contributed by atoms with Gasteiger partial charge in [0.05, 0.1) is 0 Å². The van der Waals surface area contributed by atoms with Crippen molar-refractivity contribution in [1.29, 1.82) is 0 Å². The average molecular weight is 322 g/mol. The van der Waals surface area contributed by atoms with Crippen LogP contribution in [0.15, 0.2) is 89.6 Å². The van der Waals surface area contributed by atoms with E-state index in [0.717, 1.165) is 44.5 Å². The van der Waals surface area contributed by atoms with Crippen LogP contribution in [0.25, 0.3) is 44.5 Å². The fraction of sp³-hybridized carbons (Fsp3) is 0. The molecule has 0 radical (unpaired) electrons. The summed E-state index contributed by atoms with van der Waals surface area (Å²) in [5.41, 5.74) is 6.46. The topological polar surface area (TPSA) is 38.9 Å². The molecule has 2 aromatic heterocycles. The second-order valence-corrected chi connectivity index (χ2v) is 5.92. The largest absolute Gasteiger partial charge is 0.451 e. The number of hydrogen-bond acceptors (Lipinski definition) is 3. The van der Waals surface area contributed by atoms with Crippen LogP contribution in [-0.4, -0.2) is 9.97 Å². The van der Waals surface area contributed by atoms with Crippen LogP contribution in [0, 0.1) is 0 Å². The van der Waals surface area contributed by atoms with Gasteiger partial charge in [0.25, 0.3) is 0 Å². The number of fused-ring (bicyclic) bond motifs is 3. The lowest BCUT2D eigenvalue weighted by atomic mass is 10.0. The van der Waals surface area contributed by atoms with Crippen molar-refractivity contribution in [3.63, 3.8) is 0 Å². The lowest BCUT2D eigenvalue weighted by molar-refractivity contribution is 0.668. The summed E-state index contributed by atoms with van der Waals surface area (Å²) < 4.78 is 6.30. The molecular weight excluding hydrogens is 308 g/mol. The fourth-order valence-electron chi connectivity index (χ4n) is 3.24. The molecular formula is C22H14N2O. The van der Waals surface area contributed by atoms with E-state index in [1.807, 2.05) is 54.6 Å². The summed E-state index contributed by atoms with van der Waals surface area (Å²) in [6, 6.07) is 26.5. The Labute approximate surface area is 144 Å². The van der Waals surface area contributed by atoms with Crippen molar-refractivity contribution >= 4 is 22.1 Å². The molecule has 0 aliphatic heterocycles. The molecule has 3 heteroatoms. The second-order valence-electron chi connectivity index (χ2n) is 5.92. The number of nitrogens with zero attached hydrogens (tertiary/aromatic N) is 2. The first-order valence-corrected chi connectivity index (χ1v) is 8.19. The smallest absolute Gasteiger partial charge is 0.180 e. The first kappa shape index (κ1) is 13.9. The first-order valence-electron chi connectivity index (χ1n) is 8.19. The van der Waals surface area contributed by atoms with Gasteiger partial charge in [-0.3, -0.25) is 0 Å². The van der Waals surface area contributed by atoms with E-state index in [9.17, 15) is 0 Å². The SMILES string of the molecule is c1ccc(-c2cccc3c2oc2c(-c4ccccc4)ncnc23)cc1. The van der Waals surface area contributed by atoms with E-state index in [4.69, 9.17) is 4.42 Å². The minimum absolute atomic E-state index is 0.729. The van der Waals surface area contributed by atoms with E-state index in [0.29, 0.717) is 0 Å². The zero-order chi connectivity index (χ0) is 16.6. The van der Waals surface area contributed by atoms with Crippen molar-refractivity contribution in [2.24, 2.45) is 0 Å². The van der Waals surface area contributed by atoms with Gasteiger partial charge in [-0.15, -0.1) is 0 Å². The Morgan fingerprint density at radius 2 is 1.32 bits per heavy atom. The predicted octanol–water partition coefficient (Wildman–Crippen LogP) is 5.71. The summed E-state index contributed by atoms with van der Waals surface area (Å²) in [6.45, 7) is 0. The molecule has 25 heavy (non-hydrogen) atoms. The lowest BCUT2D eigenvalue weighted by Gasteiger charge is -2.01. The molecule has 0 bridgehead atoms. The van der Waals surface area contributed by atoms with Crippen LogP contribution in [0.5, 0.6) is 0 Å². The molecule has 0 N–H and O–H groups in total. The predicted molar refractivity (Wildman–Crippen MR) is 100 cm³/mol. The molecule has 0 saturated carbocycles. The van der Waals surface area contributed by atoms with Gasteiger partial charge >= 0.3 is 0 Å². The van der Waals surface area contributed by atoms with Crippen molar-refractivity contribution < 1.29 is 4.42 Å². The average Bonchev–Trinajstić information content (AvgIpc) is 3.08. The summed E-state index contributed by atoms with van der Waals surface area (Å²) in [5, 5.41) is 1.01. The van der Waals surface area contributed by atoms with Crippen LogP contribution >= 0.6 is 0 Å². The standard InChI is InChI=1S/C22H14N2O/c1-3-8-15(9-4-1)17-12-7-13-18-20-22(25-21(17)18)19(23-14-24-20)16-10-5-2-6-11-16/h1-14H. The maximum absolute atomic E-state index is 6.30. The van der Waals surface area contributed by atoms with Crippen LogP contribution in [0.2, 0.25) is 0 Å². The molecule has 0 saturated heterocycles. The van der Waals surface area contributed by atoms with Crippen LogP contribution in [0.1, 0.15) is 0 Å². The Hall–Kier alpha value is -3.46. The highest BCUT2D eigenvalue weighted by molar-refractivity contribution is 6.10. The molecule has 0 unspecified atom stereocenters. The lowest BCUT2D eigenvalue weighted by Crippen LogP contribution is -1.85. The van der Waals surface area contributed by atoms with Gasteiger partial charge in [0, 0.05) is 16.5 Å². The molecule has 3 aromatic carbocycles. The van der Waals surface area contributed by atoms with E-state index in [-0.39, 0.29) is 0 Å². The van der Waals surface area contributed by atoms with Crippen molar-refractivity contribution in [2.45, 2.75) is 0 Å². The molecule has 0 fully saturated rings. The van der Waals surface area contributed by atoms with Gasteiger partial charge in [-0.05, 0) is 11.6 Å². The summed E-state index contributed by atoms with van der Waals surface area (Å²) in [5.74, 6) is 0. The van der Waals surface area contributed by atoms with Crippen molar-refractivity contribution in [3.05, 3.63) is 85.2 Å². The fourth-order valence-corrected chi connectivity index (χ4v) is 3.24. The molecule has 0 atom stereocenters. The summed E-state index contributed by atoms with van der Waals surface area (Å²) >= 11 is 0. The maximum atomic E-state index is 6.30. The number of rotatable bonds is 2. The third-order valence-corrected chi connectivity index (χ3v) is 4.41. The molecule has 0 aliphatic carbocycles. The van der Waals surface area contributed by atoms with Gasteiger partial charge in [0.2, 0.25) is 0 Å². The molecule has 0 aliphatic rings.